The first-order chi connectivity index (χ1) is 3.91. The normalized spacial score (nSPS) is 10.0. The Labute approximate surface area is 74.2 Å². The largest absolute Gasteiger partial charge is 0.266 e. The van der Waals surface area contributed by atoms with E-state index < -0.39 is 3.25 Å². The Morgan fingerprint density at radius 3 is 1.33 bits per heavy atom. The van der Waals surface area contributed by atoms with E-state index >= 15 is 0 Å². The Kier molecular flexibility index (Phi) is 10.2. The lowest BCUT2D eigenvalue weighted by atomic mass is 10.6. The topological polar surface area (TPSA) is 0 Å². The van der Waals surface area contributed by atoms with Crippen LogP contribution < -0.4 is 0 Å². The molecule has 0 rings (SSSR count). The van der Waals surface area contributed by atoms with Gasteiger partial charge < -0.3 is 0 Å². The second-order valence-electron chi connectivity index (χ2n) is 1.12. The number of hydrogen-bond donors (Lipinski definition) is 0. The first-order valence-electron chi connectivity index (χ1n) is 2.23. The van der Waals surface area contributed by atoms with Gasteiger partial charge in [-0.3, -0.25) is 4.39 Å². The van der Waals surface area contributed by atoms with Crippen molar-refractivity contribution in [3.8, 4) is 0 Å². The van der Waals surface area contributed by atoms with Gasteiger partial charge in [0.1, 0.15) is 0 Å². The molecule has 0 amide bonds. The Hall–Kier alpha value is 1.09. The molecular formula is C4H7Cl4F. The highest BCUT2D eigenvalue weighted by Crippen LogP contribution is 2.29. The minimum atomic E-state index is -1.61. The highest BCUT2D eigenvalue weighted by atomic mass is 35.6. The first-order valence-corrected chi connectivity index (χ1v) is 3.74. The predicted octanol–water partition coefficient (Wildman–Crippen LogP) is 3.92. The Morgan fingerprint density at radius 2 is 1.33 bits per heavy atom. The van der Waals surface area contributed by atoms with Crippen LogP contribution in [0.5, 0.6) is 0 Å². The van der Waals surface area contributed by atoms with Gasteiger partial charge in [-0.05, 0) is 6.42 Å². The summed E-state index contributed by atoms with van der Waals surface area (Å²) in [5, 5.41) is 0. The minimum Gasteiger partial charge on any atom is -0.251 e. The van der Waals surface area contributed by atoms with Gasteiger partial charge in [-0.1, -0.05) is 53.3 Å². The summed E-state index contributed by atoms with van der Waals surface area (Å²) in [5.41, 5.74) is 0. The van der Waals surface area contributed by atoms with Crippen LogP contribution in [0.3, 0.4) is 0 Å². The molecule has 0 aliphatic rings. The lowest BCUT2D eigenvalue weighted by Gasteiger charge is -1.91. The molecule has 0 radical (unpaired) electrons. The van der Waals surface area contributed by atoms with Crippen LogP contribution in [-0.2, 0) is 0 Å². The predicted molar refractivity (Wildman–Crippen MR) is 42.4 cm³/mol. The molecule has 0 spiro atoms. The van der Waals surface area contributed by atoms with Crippen LogP contribution in [0, 0.1) is 0 Å². The van der Waals surface area contributed by atoms with E-state index in [1.165, 1.54) is 0 Å². The Morgan fingerprint density at radius 1 is 1.22 bits per heavy atom. The van der Waals surface area contributed by atoms with Crippen molar-refractivity contribution in [2.75, 3.05) is 6.67 Å². The molecule has 0 atom stereocenters. The van der Waals surface area contributed by atoms with Crippen LogP contribution in [0.4, 0.5) is 4.39 Å². The van der Waals surface area contributed by atoms with E-state index in [9.17, 15) is 4.39 Å². The molecule has 9 heavy (non-hydrogen) atoms. The van der Waals surface area contributed by atoms with E-state index in [1.54, 1.807) is 6.92 Å². The summed E-state index contributed by atoms with van der Waals surface area (Å²) >= 11 is 19.3. The third-order valence-corrected chi connectivity index (χ3v) is 0.189. The molecule has 0 aromatic rings. The van der Waals surface area contributed by atoms with E-state index in [0.29, 0.717) is 6.42 Å². The van der Waals surface area contributed by atoms with Crippen molar-refractivity contribution in [2.45, 2.75) is 16.6 Å². The highest BCUT2D eigenvalue weighted by molar-refractivity contribution is 6.83. The van der Waals surface area contributed by atoms with Crippen LogP contribution in [0.2, 0.25) is 0 Å². The maximum absolute atomic E-state index is 10.7. The van der Waals surface area contributed by atoms with Crippen LogP contribution >= 0.6 is 46.4 Å². The zero-order valence-electron chi connectivity index (χ0n) is 4.80. The zero-order valence-corrected chi connectivity index (χ0v) is 7.83. The van der Waals surface area contributed by atoms with E-state index in [0.717, 1.165) is 0 Å². The summed E-state index contributed by atoms with van der Waals surface area (Å²) < 4.78 is 9.11. The van der Waals surface area contributed by atoms with Crippen molar-refractivity contribution in [3.63, 3.8) is 0 Å². The fourth-order valence-electron chi connectivity index (χ4n) is 0. The van der Waals surface area contributed by atoms with Gasteiger partial charge >= 0.3 is 0 Å². The summed E-state index contributed by atoms with van der Waals surface area (Å²) in [6.45, 7) is 1.62. The third-order valence-electron chi connectivity index (χ3n) is 0.189. The molecule has 0 aliphatic carbocycles. The number of halogens is 5. The molecule has 5 heteroatoms. The molecule has 0 saturated carbocycles. The average molecular weight is 216 g/mol. The number of rotatable bonds is 1. The van der Waals surface area contributed by atoms with Crippen molar-refractivity contribution >= 4 is 46.4 Å². The molecule has 0 bridgehead atoms. The van der Waals surface area contributed by atoms with Crippen LogP contribution in [0.1, 0.15) is 13.3 Å². The van der Waals surface area contributed by atoms with Crippen molar-refractivity contribution in [1.29, 1.82) is 0 Å². The van der Waals surface area contributed by atoms with E-state index in [1.807, 2.05) is 0 Å². The van der Waals surface area contributed by atoms with Gasteiger partial charge in [-0.25, -0.2) is 0 Å². The Bertz CT molecular complexity index is 43.0. The third kappa shape index (κ3) is 105. The smallest absolute Gasteiger partial charge is 0.251 e. The lowest BCUT2D eigenvalue weighted by Crippen LogP contribution is -1.81. The van der Waals surface area contributed by atoms with Gasteiger partial charge in [-0.15, -0.1) is 0 Å². The molecule has 0 unspecified atom stereocenters. The van der Waals surface area contributed by atoms with Crippen molar-refractivity contribution in [2.24, 2.45) is 0 Å². The molecule has 0 aliphatic heterocycles. The molecule has 0 saturated heterocycles. The standard InChI is InChI=1S/C3H7F.CCl4/c1-2-3-4;2-1(3,4)5/h2-3H2,1H3;. The van der Waals surface area contributed by atoms with Gasteiger partial charge in [0.2, 0.25) is 0 Å². The minimum absolute atomic E-state index is 0.181. The SMILES string of the molecule is CCCF.ClC(Cl)(Cl)Cl. The molecule has 0 fully saturated rings. The van der Waals surface area contributed by atoms with Gasteiger partial charge in [0.25, 0.3) is 3.25 Å². The van der Waals surface area contributed by atoms with Crippen LogP contribution in [-0.4, -0.2) is 9.93 Å². The van der Waals surface area contributed by atoms with E-state index in [2.05, 4.69) is 0 Å². The zero-order chi connectivity index (χ0) is 7.91. The van der Waals surface area contributed by atoms with Crippen molar-refractivity contribution in [1.82, 2.24) is 0 Å². The quantitative estimate of drug-likeness (QED) is 0.582. The molecular weight excluding hydrogens is 209 g/mol. The summed E-state index contributed by atoms with van der Waals surface area (Å²) in [5.74, 6) is 0. The number of hydrogen-bond acceptors (Lipinski definition) is 0. The van der Waals surface area contributed by atoms with Crippen LogP contribution in [0.25, 0.3) is 0 Å². The van der Waals surface area contributed by atoms with Crippen LogP contribution in [0.15, 0.2) is 0 Å². The summed E-state index contributed by atoms with van der Waals surface area (Å²) in [4.78, 5) is 0. The van der Waals surface area contributed by atoms with Gasteiger partial charge in [0.15, 0.2) is 0 Å². The summed E-state index contributed by atoms with van der Waals surface area (Å²) in [6, 6.07) is 0. The average Bonchev–Trinajstić information content (AvgIpc) is 1.61. The lowest BCUT2D eigenvalue weighted by molar-refractivity contribution is 0.487. The second kappa shape index (κ2) is 7.20. The molecule has 0 heterocycles. The monoisotopic (exact) mass is 214 g/mol. The molecule has 0 aromatic carbocycles. The molecule has 0 aromatic heterocycles. The van der Waals surface area contributed by atoms with Gasteiger partial charge in [-0.2, -0.15) is 0 Å². The fourth-order valence-corrected chi connectivity index (χ4v) is 0. The maximum Gasteiger partial charge on any atom is 0.266 e. The first kappa shape index (κ1) is 12.7. The van der Waals surface area contributed by atoms with E-state index in [-0.39, 0.29) is 6.67 Å². The Balaban J connectivity index is 0. The van der Waals surface area contributed by atoms with E-state index in [4.69, 9.17) is 46.4 Å². The van der Waals surface area contributed by atoms with Gasteiger partial charge in [0, 0.05) is 0 Å². The maximum atomic E-state index is 10.7. The molecule has 0 N–H and O–H groups in total. The summed E-state index contributed by atoms with van der Waals surface area (Å²) in [7, 11) is 0. The number of alkyl halides is 5. The van der Waals surface area contributed by atoms with Crippen molar-refractivity contribution in [3.05, 3.63) is 0 Å². The molecule has 0 nitrogen and oxygen atoms in total. The second-order valence-corrected chi connectivity index (χ2v) is 4.55. The van der Waals surface area contributed by atoms with Crippen molar-refractivity contribution < 1.29 is 4.39 Å². The fraction of sp³-hybridized carbons (Fsp3) is 1.00. The molecule has 58 valence electrons. The summed E-state index contributed by atoms with van der Waals surface area (Å²) in [6.07, 6.45) is 0.653. The highest BCUT2D eigenvalue weighted by Gasteiger charge is 2.11. The van der Waals surface area contributed by atoms with Gasteiger partial charge in [0.05, 0.1) is 6.67 Å².